The molecular formula is C9H10ClP. The summed E-state index contributed by atoms with van der Waals surface area (Å²) >= 11 is 5.82. The van der Waals surface area contributed by atoms with Crippen LogP contribution in [0.4, 0.5) is 0 Å². The van der Waals surface area contributed by atoms with Gasteiger partial charge in [-0.05, 0) is 29.9 Å². The maximum atomic E-state index is 5.82. The van der Waals surface area contributed by atoms with Gasteiger partial charge in [-0.3, -0.25) is 0 Å². The second-order valence-electron chi connectivity index (χ2n) is 2.31. The lowest BCUT2D eigenvalue weighted by Gasteiger charge is -2.01. The lowest BCUT2D eigenvalue weighted by molar-refractivity contribution is 1.52. The predicted molar refractivity (Wildman–Crippen MR) is 54.3 cm³/mol. The number of halogens is 1. The SMILES string of the molecule is C=CPc1cc(Cl)ccc1C. The minimum absolute atomic E-state index is 0.662. The van der Waals surface area contributed by atoms with Crippen LogP contribution in [0.3, 0.4) is 0 Å². The van der Waals surface area contributed by atoms with E-state index in [4.69, 9.17) is 11.6 Å². The first kappa shape index (κ1) is 8.77. The van der Waals surface area contributed by atoms with Crippen molar-refractivity contribution in [1.82, 2.24) is 0 Å². The van der Waals surface area contributed by atoms with Gasteiger partial charge in [0, 0.05) is 5.02 Å². The fourth-order valence-electron chi connectivity index (χ4n) is 0.860. The van der Waals surface area contributed by atoms with Crippen LogP contribution >= 0.6 is 20.2 Å². The first-order chi connectivity index (χ1) is 5.24. The molecule has 58 valence electrons. The molecule has 0 aliphatic heterocycles. The highest BCUT2D eigenvalue weighted by molar-refractivity contribution is 7.50. The molecular weight excluding hydrogens is 175 g/mol. The van der Waals surface area contributed by atoms with Gasteiger partial charge >= 0.3 is 0 Å². The van der Waals surface area contributed by atoms with Crippen LogP contribution in [-0.2, 0) is 0 Å². The molecule has 0 nitrogen and oxygen atoms in total. The van der Waals surface area contributed by atoms with E-state index in [9.17, 15) is 0 Å². The minimum atomic E-state index is 0.662. The van der Waals surface area contributed by atoms with Crippen LogP contribution < -0.4 is 5.30 Å². The normalized spacial score (nSPS) is 10.7. The Morgan fingerprint density at radius 3 is 2.91 bits per heavy atom. The molecule has 1 atom stereocenters. The van der Waals surface area contributed by atoms with E-state index >= 15 is 0 Å². The largest absolute Gasteiger partial charge is 0.0985 e. The number of benzene rings is 1. The van der Waals surface area contributed by atoms with Crippen LogP contribution in [-0.4, -0.2) is 0 Å². The van der Waals surface area contributed by atoms with Crippen LogP contribution in [0.5, 0.6) is 0 Å². The first-order valence-corrected chi connectivity index (χ1v) is 4.83. The molecule has 0 N–H and O–H groups in total. The molecule has 0 saturated heterocycles. The molecule has 0 aliphatic carbocycles. The molecule has 0 heterocycles. The van der Waals surface area contributed by atoms with Gasteiger partial charge in [0.1, 0.15) is 0 Å². The highest BCUT2D eigenvalue weighted by Gasteiger charge is 1.95. The van der Waals surface area contributed by atoms with Crippen molar-refractivity contribution < 1.29 is 0 Å². The summed E-state index contributed by atoms with van der Waals surface area (Å²) in [7, 11) is 0.662. The maximum absolute atomic E-state index is 5.82. The monoisotopic (exact) mass is 184 g/mol. The van der Waals surface area contributed by atoms with Crippen molar-refractivity contribution in [3.05, 3.63) is 41.2 Å². The summed E-state index contributed by atoms with van der Waals surface area (Å²) in [5.41, 5.74) is 1.28. The van der Waals surface area contributed by atoms with Crippen LogP contribution in [0.1, 0.15) is 5.56 Å². The Kier molecular flexibility index (Phi) is 3.11. The maximum Gasteiger partial charge on any atom is 0.0412 e. The van der Waals surface area contributed by atoms with E-state index in [0.29, 0.717) is 8.58 Å². The van der Waals surface area contributed by atoms with Crippen molar-refractivity contribution in [2.75, 3.05) is 0 Å². The summed E-state index contributed by atoms with van der Waals surface area (Å²) in [5, 5.41) is 2.09. The number of aryl methyl sites for hydroxylation is 1. The molecule has 0 fully saturated rings. The lowest BCUT2D eigenvalue weighted by Crippen LogP contribution is -1.97. The smallest absolute Gasteiger partial charge is 0.0412 e. The fraction of sp³-hybridized carbons (Fsp3) is 0.111. The van der Waals surface area contributed by atoms with E-state index in [2.05, 4.69) is 13.5 Å². The van der Waals surface area contributed by atoms with E-state index < -0.39 is 0 Å². The average Bonchev–Trinajstić information content (AvgIpc) is 1.98. The van der Waals surface area contributed by atoms with E-state index in [1.165, 1.54) is 10.9 Å². The Morgan fingerprint density at radius 2 is 2.27 bits per heavy atom. The molecule has 0 aliphatic rings. The first-order valence-electron chi connectivity index (χ1n) is 3.37. The summed E-state index contributed by atoms with van der Waals surface area (Å²) in [5.74, 6) is 1.92. The van der Waals surface area contributed by atoms with Gasteiger partial charge < -0.3 is 0 Å². The second kappa shape index (κ2) is 3.90. The molecule has 0 spiro atoms. The van der Waals surface area contributed by atoms with Crippen LogP contribution in [0, 0.1) is 6.92 Å². The third-order valence-electron chi connectivity index (χ3n) is 1.46. The van der Waals surface area contributed by atoms with Crippen molar-refractivity contribution in [2.45, 2.75) is 6.92 Å². The summed E-state index contributed by atoms with van der Waals surface area (Å²) in [6.45, 7) is 5.78. The van der Waals surface area contributed by atoms with E-state index in [1.807, 2.05) is 24.0 Å². The molecule has 1 aromatic carbocycles. The van der Waals surface area contributed by atoms with Crippen molar-refractivity contribution in [2.24, 2.45) is 0 Å². The lowest BCUT2D eigenvalue weighted by atomic mass is 10.2. The number of rotatable bonds is 2. The Bertz CT molecular complexity index is 268. The quantitative estimate of drug-likeness (QED) is 0.620. The van der Waals surface area contributed by atoms with Crippen molar-refractivity contribution in [1.29, 1.82) is 0 Å². The molecule has 1 unspecified atom stereocenters. The highest BCUT2D eigenvalue weighted by Crippen LogP contribution is 2.17. The molecule has 0 saturated carbocycles. The van der Waals surface area contributed by atoms with Gasteiger partial charge in [0.2, 0.25) is 0 Å². The van der Waals surface area contributed by atoms with Crippen molar-refractivity contribution in [3.63, 3.8) is 0 Å². The summed E-state index contributed by atoms with van der Waals surface area (Å²) in [4.78, 5) is 0. The molecule has 2 heteroatoms. The highest BCUT2D eigenvalue weighted by atomic mass is 35.5. The zero-order chi connectivity index (χ0) is 8.27. The molecule has 0 bridgehead atoms. The van der Waals surface area contributed by atoms with Crippen LogP contribution in [0.15, 0.2) is 30.6 Å². The number of hydrogen-bond acceptors (Lipinski definition) is 0. The second-order valence-corrected chi connectivity index (χ2v) is 3.98. The molecule has 0 amide bonds. The Morgan fingerprint density at radius 1 is 1.55 bits per heavy atom. The van der Waals surface area contributed by atoms with Gasteiger partial charge in [-0.25, -0.2) is 0 Å². The molecule has 1 aromatic rings. The summed E-state index contributed by atoms with van der Waals surface area (Å²) < 4.78 is 0. The molecule has 0 radical (unpaired) electrons. The standard InChI is InChI=1S/C9H10ClP/c1-3-11-9-6-8(10)5-4-7(9)2/h3-6,11H,1H2,2H3. The van der Waals surface area contributed by atoms with Gasteiger partial charge in [0.25, 0.3) is 0 Å². The predicted octanol–water partition coefficient (Wildman–Crippen LogP) is 3.10. The summed E-state index contributed by atoms with van der Waals surface area (Å²) in [6, 6.07) is 5.94. The van der Waals surface area contributed by atoms with Gasteiger partial charge in [-0.15, -0.1) is 0 Å². The van der Waals surface area contributed by atoms with Gasteiger partial charge in [0.05, 0.1) is 0 Å². The number of hydrogen-bond donors (Lipinski definition) is 0. The average molecular weight is 185 g/mol. The van der Waals surface area contributed by atoms with E-state index in [0.717, 1.165) is 5.02 Å². The van der Waals surface area contributed by atoms with Crippen LogP contribution in [0.25, 0.3) is 0 Å². The topological polar surface area (TPSA) is 0 Å². The summed E-state index contributed by atoms with van der Waals surface area (Å²) in [6.07, 6.45) is 0. The zero-order valence-corrected chi connectivity index (χ0v) is 8.15. The van der Waals surface area contributed by atoms with Gasteiger partial charge in [-0.1, -0.05) is 38.6 Å². The fourth-order valence-corrected chi connectivity index (χ4v) is 1.89. The van der Waals surface area contributed by atoms with Gasteiger partial charge in [-0.2, -0.15) is 0 Å². The van der Waals surface area contributed by atoms with E-state index in [-0.39, 0.29) is 0 Å². The Labute approximate surface area is 74.1 Å². The Balaban J connectivity index is 3.01. The zero-order valence-electron chi connectivity index (χ0n) is 6.39. The van der Waals surface area contributed by atoms with Gasteiger partial charge in [0.15, 0.2) is 0 Å². The van der Waals surface area contributed by atoms with Crippen LogP contribution in [0.2, 0.25) is 5.02 Å². The van der Waals surface area contributed by atoms with Crippen molar-refractivity contribution >= 4 is 25.5 Å². The molecule has 11 heavy (non-hydrogen) atoms. The molecule has 0 aromatic heterocycles. The van der Waals surface area contributed by atoms with Crippen molar-refractivity contribution in [3.8, 4) is 0 Å². The van der Waals surface area contributed by atoms with E-state index in [1.54, 1.807) is 0 Å². The Hall–Kier alpha value is -0.320. The minimum Gasteiger partial charge on any atom is -0.0985 e. The third kappa shape index (κ3) is 2.32. The molecule has 1 rings (SSSR count). The third-order valence-corrected chi connectivity index (χ3v) is 2.75.